The fourth-order valence-corrected chi connectivity index (χ4v) is 2.85. The summed E-state index contributed by atoms with van der Waals surface area (Å²) in [6.45, 7) is 1.45. The van der Waals surface area contributed by atoms with Gasteiger partial charge in [-0.3, -0.25) is 4.79 Å². The molecule has 1 N–H and O–H groups in total. The number of carbonyl (C=O) groups excluding carboxylic acids is 1. The Kier molecular flexibility index (Phi) is 3.10. The third-order valence-electron chi connectivity index (χ3n) is 4.31. The van der Waals surface area contributed by atoms with E-state index in [0.717, 1.165) is 35.3 Å². The van der Waals surface area contributed by atoms with Gasteiger partial charge in [-0.25, -0.2) is 9.97 Å². The molecule has 0 aromatic carbocycles. The van der Waals surface area contributed by atoms with Gasteiger partial charge in [0, 0.05) is 30.8 Å². The first-order valence-corrected chi connectivity index (χ1v) is 7.75. The molecule has 24 heavy (non-hydrogen) atoms. The van der Waals surface area contributed by atoms with Gasteiger partial charge in [-0.2, -0.15) is 5.26 Å². The second kappa shape index (κ2) is 5.17. The van der Waals surface area contributed by atoms with Crippen molar-refractivity contribution in [3.8, 4) is 11.9 Å². The molecule has 118 valence electrons. The van der Waals surface area contributed by atoms with Crippen LogP contribution in [-0.4, -0.2) is 20.4 Å². The number of carbonyl (C=O) groups is 1. The van der Waals surface area contributed by atoms with Gasteiger partial charge in [0.2, 0.25) is 5.91 Å². The van der Waals surface area contributed by atoms with Crippen LogP contribution in [0.15, 0.2) is 42.7 Å². The van der Waals surface area contributed by atoms with Gasteiger partial charge in [0.05, 0.1) is 22.7 Å². The molecule has 0 radical (unpaired) electrons. The summed E-state index contributed by atoms with van der Waals surface area (Å²) >= 11 is 0. The van der Waals surface area contributed by atoms with Crippen LogP contribution in [0, 0.1) is 11.3 Å². The normalized spacial score (nSPS) is 15.0. The quantitative estimate of drug-likeness (QED) is 0.805. The van der Waals surface area contributed by atoms with Gasteiger partial charge in [-0.15, -0.1) is 0 Å². The Morgan fingerprint density at radius 1 is 1.38 bits per heavy atom. The Morgan fingerprint density at radius 3 is 2.92 bits per heavy atom. The third-order valence-corrected chi connectivity index (χ3v) is 4.31. The molecule has 3 heterocycles. The fourth-order valence-electron chi connectivity index (χ4n) is 2.85. The summed E-state index contributed by atoms with van der Waals surface area (Å²) in [5.41, 5.74) is 1.31. The average Bonchev–Trinajstić information content (AvgIpc) is 3.28. The van der Waals surface area contributed by atoms with E-state index in [1.165, 1.54) is 6.92 Å². The largest absolute Gasteiger partial charge is 0.311 e. The lowest BCUT2D eigenvalue weighted by molar-refractivity contribution is -0.114. The Labute approximate surface area is 138 Å². The highest BCUT2D eigenvalue weighted by Gasteiger charge is 2.46. The van der Waals surface area contributed by atoms with Crippen LogP contribution in [0.2, 0.25) is 0 Å². The minimum atomic E-state index is -0.415. The standard InChI is InChI=1S/C18H15N5O/c1-12(24)21-16-9-14-13(10-20-16)5-8-23(14)17-4-2-3-15(22-17)18(11-19)6-7-18/h2-5,8-10H,6-7H2,1H3,(H,20,21,24). The highest BCUT2D eigenvalue weighted by Crippen LogP contribution is 2.46. The third kappa shape index (κ3) is 2.31. The minimum absolute atomic E-state index is 0.162. The van der Waals surface area contributed by atoms with Gasteiger partial charge in [0.15, 0.2) is 0 Å². The van der Waals surface area contributed by atoms with Crippen LogP contribution in [0.1, 0.15) is 25.5 Å². The van der Waals surface area contributed by atoms with Crippen molar-refractivity contribution in [2.75, 3.05) is 5.32 Å². The summed E-state index contributed by atoms with van der Waals surface area (Å²) in [4.78, 5) is 20.2. The minimum Gasteiger partial charge on any atom is -0.311 e. The molecule has 6 nitrogen and oxygen atoms in total. The molecule has 3 aromatic rings. The topological polar surface area (TPSA) is 83.6 Å². The molecule has 1 aliphatic carbocycles. The lowest BCUT2D eigenvalue weighted by atomic mass is 10.0. The van der Waals surface area contributed by atoms with Crippen LogP contribution in [-0.2, 0) is 10.2 Å². The fraction of sp³-hybridized carbons (Fsp3) is 0.222. The van der Waals surface area contributed by atoms with Gasteiger partial charge >= 0.3 is 0 Å². The van der Waals surface area contributed by atoms with Crippen LogP contribution in [0.4, 0.5) is 5.82 Å². The number of nitrogens with one attached hydrogen (secondary N) is 1. The van der Waals surface area contributed by atoms with Crippen molar-refractivity contribution in [1.29, 1.82) is 5.26 Å². The van der Waals surface area contributed by atoms with Crippen molar-refractivity contribution in [2.45, 2.75) is 25.2 Å². The zero-order chi connectivity index (χ0) is 16.7. The number of rotatable bonds is 3. The Balaban J connectivity index is 1.81. The maximum Gasteiger partial charge on any atom is 0.222 e. The number of amides is 1. The molecule has 1 aliphatic rings. The molecule has 0 atom stereocenters. The van der Waals surface area contributed by atoms with E-state index >= 15 is 0 Å². The number of hydrogen-bond acceptors (Lipinski definition) is 4. The van der Waals surface area contributed by atoms with Crippen molar-refractivity contribution in [3.05, 3.63) is 48.4 Å². The molecule has 1 fully saturated rings. The second-order valence-corrected chi connectivity index (χ2v) is 6.07. The maximum absolute atomic E-state index is 11.2. The summed E-state index contributed by atoms with van der Waals surface area (Å²) in [7, 11) is 0. The van der Waals surface area contributed by atoms with Crippen LogP contribution in [0.25, 0.3) is 16.7 Å². The predicted molar refractivity (Wildman–Crippen MR) is 89.7 cm³/mol. The molecule has 0 aliphatic heterocycles. The first-order chi connectivity index (χ1) is 11.6. The number of nitriles is 1. The first kappa shape index (κ1) is 14.4. The lowest BCUT2D eigenvalue weighted by Gasteiger charge is -2.10. The van der Waals surface area contributed by atoms with Crippen LogP contribution in [0.5, 0.6) is 0 Å². The molecule has 1 amide bonds. The lowest BCUT2D eigenvalue weighted by Crippen LogP contribution is -2.09. The second-order valence-electron chi connectivity index (χ2n) is 6.07. The number of nitrogens with zero attached hydrogens (tertiary/aromatic N) is 4. The van der Waals surface area contributed by atoms with Gasteiger partial charge < -0.3 is 9.88 Å². The maximum atomic E-state index is 11.2. The summed E-state index contributed by atoms with van der Waals surface area (Å²) in [6, 6.07) is 11.9. The predicted octanol–water partition coefficient (Wildman–Crippen LogP) is 2.93. The summed E-state index contributed by atoms with van der Waals surface area (Å²) in [6.07, 6.45) is 5.37. The van der Waals surface area contributed by atoms with Crippen molar-refractivity contribution in [2.24, 2.45) is 0 Å². The summed E-state index contributed by atoms with van der Waals surface area (Å²) < 4.78 is 1.94. The first-order valence-electron chi connectivity index (χ1n) is 7.75. The SMILES string of the molecule is CC(=O)Nc1cc2c(ccn2-c2cccc(C3(C#N)CC3)n2)cn1. The van der Waals surface area contributed by atoms with E-state index in [9.17, 15) is 10.1 Å². The number of anilines is 1. The van der Waals surface area contributed by atoms with E-state index in [1.807, 2.05) is 41.1 Å². The van der Waals surface area contributed by atoms with Crippen LogP contribution >= 0.6 is 0 Å². The highest BCUT2D eigenvalue weighted by atomic mass is 16.1. The molecule has 6 heteroatoms. The van der Waals surface area contributed by atoms with Gasteiger partial charge in [-0.05, 0) is 31.0 Å². The van der Waals surface area contributed by atoms with E-state index in [1.54, 1.807) is 6.20 Å². The van der Waals surface area contributed by atoms with Crippen LogP contribution in [0.3, 0.4) is 0 Å². The van der Waals surface area contributed by atoms with E-state index in [2.05, 4.69) is 16.4 Å². The monoisotopic (exact) mass is 317 g/mol. The molecule has 0 unspecified atom stereocenters. The number of hydrogen-bond donors (Lipinski definition) is 1. The number of fused-ring (bicyclic) bond motifs is 1. The number of aromatic nitrogens is 3. The molecule has 3 aromatic heterocycles. The summed E-state index contributed by atoms with van der Waals surface area (Å²) in [5, 5.41) is 13.0. The van der Waals surface area contributed by atoms with Crippen molar-refractivity contribution in [3.63, 3.8) is 0 Å². The zero-order valence-corrected chi connectivity index (χ0v) is 13.2. The Bertz CT molecular complexity index is 994. The van der Waals surface area contributed by atoms with E-state index in [0.29, 0.717) is 5.82 Å². The molecule has 0 bridgehead atoms. The molecule has 0 spiro atoms. The van der Waals surface area contributed by atoms with Crippen molar-refractivity contribution >= 4 is 22.6 Å². The van der Waals surface area contributed by atoms with Gasteiger partial charge in [-0.1, -0.05) is 6.07 Å². The highest BCUT2D eigenvalue weighted by molar-refractivity contribution is 5.91. The average molecular weight is 317 g/mol. The van der Waals surface area contributed by atoms with E-state index in [4.69, 9.17) is 4.98 Å². The molecule has 0 saturated heterocycles. The van der Waals surface area contributed by atoms with Crippen LogP contribution < -0.4 is 5.32 Å². The smallest absolute Gasteiger partial charge is 0.222 e. The van der Waals surface area contributed by atoms with Gasteiger partial charge in [0.25, 0.3) is 0 Å². The Morgan fingerprint density at radius 2 is 2.21 bits per heavy atom. The molecular weight excluding hydrogens is 302 g/mol. The van der Waals surface area contributed by atoms with Crippen molar-refractivity contribution in [1.82, 2.24) is 14.5 Å². The zero-order valence-electron chi connectivity index (χ0n) is 13.2. The molecule has 4 rings (SSSR count). The molecular formula is C18H15N5O. The van der Waals surface area contributed by atoms with Crippen molar-refractivity contribution < 1.29 is 4.79 Å². The van der Waals surface area contributed by atoms with Gasteiger partial charge in [0.1, 0.15) is 11.6 Å². The molecule has 1 saturated carbocycles. The summed E-state index contributed by atoms with van der Waals surface area (Å²) in [5.74, 6) is 1.09. The van der Waals surface area contributed by atoms with E-state index < -0.39 is 5.41 Å². The Hall–Kier alpha value is -3.20. The number of pyridine rings is 2. The van der Waals surface area contributed by atoms with E-state index in [-0.39, 0.29) is 5.91 Å².